The fraction of sp³-hybridized carbons (Fsp3) is 0.188. The number of benzene rings is 3. The first-order valence-electron chi connectivity index (χ1n) is 13.2. The molecule has 0 saturated heterocycles. The second-order valence-electron chi connectivity index (χ2n) is 9.54. The number of para-hydroxylation sites is 1. The molecule has 1 atom stereocenters. The largest absolute Gasteiger partial charge is 0.456 e. The summed E-state index contributed by atoms with van der Waals surface area (Å²) >= 11 is 0. The van der Waals surface area contributed by atoms with Gasteiger partial charge in [-0.2, -0.15) is 8.42 Å². The Labute approximate surface area is 239 Å². The van der Waals surface area contributed by atoms with Crippen LogP contribution in [0.15, 0.2) is 108 Å². The minimum atomic E-state index is -4.15. The van der Waals surface area contributed by atoms with Gasteiger partial charge in [0, 0.05) is 34.7 Å². The van der Waals surface area contributed by atoms with E-state index >= 15 is 0 Å². The number of carbonyl (C=O) groups is 2. The Kier molecular flexibility index (Phi) is 9.89. The van der Waals surface area contributed by atoms with Crippen molar-refractivity contribution in [3.05, 3.63) is 114 Å². The standard InChI is InChI=1S/C32H32N2O6S/c1-2-3-4-5-9-27(21-23-11-13-25(14-12-23)31(35)33-19-20-41(37,38)39)32(36)34-28-17-15-24(16-18-28)30-22-26-8-6-7-10-29(26)40-30/h2-8,10-18,22,27H,9,19-21H2,1H3,(H,33,35)(H,34,36)(H,37,38,39)/b3-2+,5-4+. The average molecular weight is 573 g/mol. The summed E-state index contributed by atoms with van der Waals surface area (Å²) in [6, 6.07) is 24.1. The summed E-state index contributed by atoms with van der Waals surface area (Å²) in [5.74, 6) is -0.738. The number of carbonyl (C=O) groups excluding carboxylic acids is 2. The van der Waals surface area contributed by atoms with Crippen molar-refractivity contribution < 1.29 is 27.0 Å². The third kappa shape index (κ3) is 8.76. The van der Waals surface area contributed by atoms with E-state index < -0.39 is 21.8 Å². The van der Waals surface area contributed by atoms with Gasteiger partial charge in [0.05, 0.1) is 5.75 Å². The summed E-state index contributed by atoms with van der Waals surface area (Å²) in [5.41, 5.74) is 3.63. The Hall–Kier alpha value is -4.47. The number of anilines is 1. The molecule has 0 aliphatic heterocycles. The normalized spacial score (nSPS) is 12.6. The van der Waals surface area contributed by atoms with Gasteiger partial charge in [-0.15, -0.1) is 0 Å². The second-order valence-corrected chi connectivity index (χ2v) is 11.1. The molecular weight excluding hydrogens is 540 g/mol. The maximum Gasteiger partial charge on any atom is 0.266 e. The van der Waals surface area contributed by atoms with Crippen LogP contribution in [0.25, 0.3) is 22.3 Å². The zero-order valence-corrected chi connectivity index (χ0v) is 23.4. The Morgan fingerprint density at radius 1 is 0.976 bits per heavy atom. The summed E-state index contributed by atoms with van der Waals surface area (Å²) in [6.45, 7) is 1.73. The van der Waals surface area contributed by atoms with Gasteiger partial charge in [0.2, 0.25) is 5.91 Å². The van der Waals surface area contributed by atoms with E-state index in [-0.39, 0.29) is 18.4 Å². The summed E-state index contributed by atoms with van der Waals surface area (Å²) in [7, 11) is -4.15. The third-order valence-corrected chi connectivity index (χ3v) is 7.16. The van der Waals surface area contributed by atoms with E-state index in [1.54, 1.807) is 24.3 Å². The monoisotopic (exact) mass is 572 g/mol. The van der Waals surface area contributed by atoms with Crippen LogP contribution in [0.1, 0.15) is 29.3 Å². The van der Waals surface area contributed by atoms with Gasteiger partial charge in [-0.3, -0.25) is 14.1 Å². The highest BCUT2D eigenvalue weighted by atomic mass is 32.2. The van der Waals surface area contributed by atoms with E-state index in [2.05, 4.69) is 10.6 Å². The van der Waals surface area contributed by atoms with Crippen molar-refractivity contribution in [2.24, 2.45) is 5.92 Å². The molecule has 1 aromatic heterocycles. The minimum absolute atomic E-state index is 0.126. The molecule has 3 aromatic carbocycles. The van der Waals surface area contributed by atoms with Gasteiger partial charge in [-0.1, -0.05) is 54.6 Å². The minimum Gasteiger partial charge on any atom is -0.456 e. The SMILES string of the molecule is C/C=C/C=C/CC(Cc1ccc(C(=O)NCCS(=O)(=O)O)cc1)C(=O)Nc1ccc(-c2cc3ccccc3o2)cc1. The van der Waals surface area contributed by atoms with E-state index in [0.717, 1.165) is 27.9 Å². The zero-order chi connectivity index (χ0) is 29.2. The summed E-state index contributed by atoms with van der Waals surface area (Å²) in [6.07, 6.45) is 8.64. The van der Waals surface area contributed by atoms with Gasteiger partial charge >= 0.3 is 0 Å². The highest BCUT2D eigenvalue weighted by molar-refractivity contribution is 7.85. The van der Waals surface area contributed by atoms with Crippen molar-refractivity contribution >= 4 is 38.6 Å². The Balaban J connectivity index is 1.41. The first-order chi connectivity index (χ1) is 19.7. The molecule has 0 spiro atoms. The van der Waals surface area contributed by atoms with Crippen LogP contribution in [0.2, 0.25) is 0 Å². The molecule has 0 bridgehead atoms. The first kappa shape index (κ1) is 29.5. The van der Waals surface area contributed by atoms with Gasteiger partial charge in [-0.25, -0.2) is 0 Å². The molecule has 0 radical (unpaired) electrons. The van der Waals surface area contributed by atoms with Crippen LogP contribution in [0.3, 0.4) is 0 Å². The van der Waals surface area contributed by atoms with Crippen molar-refractivity contribution in [2.45, 2.75) is 19.8 Å². The summed E-state index contributed by atoms with van der Waals surface area (Å²) in [4.78, 5) is 25.6. The van der Waals surface area contributed by atoms with Crippen LogP contribution in [-0.4, -0.2) is 37.1 Å². The lowest BCUT2D eigenvalue weighted by atomic mass is 9.94. The Bertz CT molecular complexity index is 1620. The number of allylic oxidation sites excluding steroid dienone is 4. The predicted octanol–water partition coefficient (Wildman–Crippen LogP) is 6.04. The molecule has 3 N–H and O–H groups in total. The molecule has 2 amide bonds. The van der Waals surface area contributed by atoms with Crippen LogP contribution in [0.4, 0.5) is 5.69 Å². The highest BCUT2D eigenvalue weighted by Gasteiger charge is 2.19. The van der Waals surface area contributed by atoms with Gasteiger partial charge in [0.1, 0.15) is 11.3 Å². The van der Waals surface area contributed by atoms with E-state index in [9.17, 15) is 18.0 Å². The van der Waals surface area contributed by atoms with Crippen LogP contribution in [-0.2, 0) is 21.3 Å². The highest BCUT2D eigenvalue weighted by Crippen LogP contribution is 2.28. The van der Waals surface area contributed by atoms with E-state index in [4.69, 9.17) is 8.97 Å². The first-order valence-corrected chi connectivity index (χ1v) is 14.8. The smallest absolute Gasteiger partial charge is 0.266 e. The number of nitrogens with one attached hydrogen (secondary N) is 2. The van der Waals surface area contributed by atoms with E-state index in [1.165, 1.54) is 0 Å². The van der Waals surface area contributed by atoms with Gasteiger partial charge in [0.25, 0.3) is 16.0 Å². The average Bonchev–Trinajstić information content (AvgIpc) is 3.39. The molecule has 4 aromatic rings. The molecule has 41 heavy (non-hydrogen) atoms. The van der Waals surface area contributed by atoms with E-state index in [1.807, 2.05) is 85.8 Å². The molecule has 0 saturated carbocycles. The van der Waals surface area contributed by atoms with Crippen LogP contribution >= 0.6 is 0 Å². The van der Waals surface area contributed by atoms with Gasteiger partial charge < -0.3 is 15.1 Å². The van der Waals surface area contributed by atoms with Crippen molar-refractivity contribution in [3.63, 3.8) is 0 Å². The Morgan fingerprint density at radius 3 is 2.39 bits per heavy atom. The van der Waals surface area contributed by atoms with Crippen molar-refractivity contribution in [1.29, 1.82) is 0 Å². The maximum atomic E-state index is 13.3. The van der Waals surface area contributed by atoms with Crippen LogP contribution in [0.5, 0.6) is 0 Å². The quantitative estimate of drug-likeness (QED) is 0.140. The molecule has 212 valence electrons. The van der Waals surface area contributed by atoms with Gasteiger partial charge in [0.15, 0.2) is 0 Å². The van der Waals surface area contributed by atoms with Crippen molar-refractivity contribution in [1.82, 2.24) is 5.32 Å². The number of hydrogen-bond acceptors (Lipinski definition) is 5. The molecule has 1 unspecified atom stereocenters. The van der Waals surface area contributed by atoms with Crippen LogP contribution < -0.4 is 10.6 Å². The molecule has 9 heteroatoms. The van der Waals surface area contributed by atoms with Crippen LogP contribution in [0, 0.1) is 5.92 Å². The summed E-state index contributed by atoms with van der Waals surface area (Å²) in [5, 5.41) is 6.50. The topological polar surface area (TPSA) is 126 Å². The Morgan fingerprint density at radius 2 is 1.71 bits per heavy atom. The maximum absolute atomic E-state index is 13.3. The molecular formula is C32H32N2O6S. The van der Waals surface area contributed by atoms with E-state index in [0.29, 0.717) is 24.1 Å². The zero-order valence-electron chi connectivity index (χ0n) is 22.6. The fourth-order valence-corrected chi connectivity index (χ4v) is 4.63. The number of hydrogen-bond donors (Lipinski definition) is 3. The fourth-order valence-electron chi connectivity index (χ4n) is 4.27. The second kappa shape index (κ2) is 13.7. The van der Waals surface area contributed by atoms with Gasteiger partial charge in [-0.05, 0) is 73.9 Å². The predicted molar refractivity (Wildman–Crippen MR) is 161 cm³/mol. The lowest BCUT2D eigenvalue weighted by Gasteiger charge is -2.16. The molecule has 0 fully saturated rings. The number of fused-ring (bicyclic) bond motifs is 1. The number of rotatable bonds is 12. The lowest BCUT2D eigenvalue weighted by molar-refractivity contribution is -0.119. The molecule has 4 rings (SSSR count). The molecule has 0 aliphatic rings. The summed E-state index contributed by atoms with van der Waals surface area (Å²) < 4.78 is 36.4. The number of amides is 2. The molecule has 0 aliphatic carbocycles. The molecule has 1 heterocycles. The van der Waals surface area contributed by atoms with Crippen molar-refractivity contribution in [2.75, 3.05) is 17.6 Å². The lowest BCUT2D eigenvalue weighted by Crippen LogP contribution is -2.29. The third-order valence-electron chi connectivity index (χ3n) is 6.44. The van der Waals surface area contributed by atoms with Crippen molar-refractivity contribution in [3.8, 4) is 11.3 Å². The number of furan rings is 1. The molecule has 8 nitrogen and oxygen atoms in total.